The molecular weight excluding hydrogens is 528 g/mol. The Hall–Kier alpha value is -4.74. The van der Waals surface area contributed by atoms with E-state index < -0.39 is 11.6 Å². The Morgan fingerprint density at radius 2 is 1.85 bits per heavy atom. The highest BCUT2D eigenvalue weighted by Gasteiger charge is 2.45. The van der Waals surface area contributed by atoms with E-state index in [1.54, 1.807) is 29.0 Å². The van der Waals surface area contributed by atoms with Crippen LogP contribution in [0.5, 0.6) is 0 Å². The molecule has 1 aromatic carbocycles. The molecule has 41 heavy (non-hydrogen) atoms. The van der Waals surface area contributed by atoms with Gasteiger partial charge in [0, 0.05) is 40.9 Å². The molecule has 2 aliphatic heterocycles. The van der Waals surface area contributed by atoms with Crippen molar-refractivity contribution < 1.29 is 13.6 Å². The first-order valence-corrected chi connectivity index (χ1v) is 13.7. The number of aromatic nitrogens is 7. The van der Waals surface area contributed by atoms with E-state index in [9.17, 15) is 13.6 Å². The summed E-state index contributed by atoms with van der Waals surface area (Å²) >= 11 is 0. The van der Waals surface area contributed by atoms with E-state index in [2.05, 4.69) is 32.2 Å². The molecule has 0 saturated carbocycles. The van der Waals surface area contributed by atoms with Crippen molar-refractivity contribution in [2.75, 3.05) is 5.73 Å². The van der Waals surface area contributed by atoms with Gasteiger partial charge in [-0.2, -0.15) is 9.61 Å². The number of aromatic amines is 1. The van der Waals surface area contributed by atoms with Crippen LogP contribution in [0.4, 0.5) is 14.6 Å². The van der Waals surface area contributed by atoms with Gasteiger partial charge in [0.2, 0.25) is 5.82 Å². The maximum atomic E-state index is 14.3. The Kier molecular flexibility index (Phi) is 5.98. The molecule has 3 atom stereocenters. The van der Waals surface area contributed by atoms with E-state index in [0.717, 1.165) is 42.5 Å². The third-order valence-corrected chi connectivity index (χ3v) is 8.44. The number of carbonyl (C=O) groups excluding carboxylic acids is 1. The van der Waals surface area contributed by atoms with Gasteiger partial charge in [-0.15, -0.1) is 10.2 Å². The van der Waals surface area contributed by atoms with Gasteiger partial charge >= 0.3 is 0 Å². The average molecular weight is 556 g/mol. The summed E-state index contributed by atoms with van der Waals surface area (Å²) < 4.78 is 30.3. The lowest BCUT2D eigenvalue weighted by molar-refractivity contribution is 0.0557. The molecular formula is C29H27F2N9O. The molecule has 2 aliphatic rings. The van der Waals surface area contributed by atoms with Gasteiger partial charge in [0.1, 0.15) is 23.8 Å². The maximum absolute atomic E-state index is 14.3. The normalized spacial score (nSPS) is 20.2. The minimum atomic E-state index is -0.671. The maximum Gasteiger partial charge on any atom is 0.292 e. The number of H-pyrrole nitrogens is 1. The molecule has 5 aromatic rings. The van der Waals surface area contributed by atoms with E-state index in [4.69, 9.17) is 10.7 Å². The van der Waals surface area contributed by atoms with Gasteiger partial charge in [0.25, 0.3) is 5.91 Å². The first-order valence-electron chi connectivity index (χ1n) is 13.7. The van der Waals surface area contributed by atoms with E-state index in [1.165, 1.54) is 24.5 Å². The number of pyridine rings is 1. The third kappa shape index (κ3) is 4.04. The average Bonchev–Trinajstić information content (AvgIpc) is 3.72. The number of nitrogens with two attached hydrogens (primary N) is 1. The van der Waals surface area contributed by atoms with E-state index in [1.807, 2.05) is 4.90 Å². The summed E-state index contributed by atoms with van der Waals surface area (Å²) in [5.74, 6) is -0.536. The van der Waals surface area contributed by atoms with Gasteiger partial charge in [0.15, 0.2) is 5.65 Å². The predicted octanol–water partition coefficient (Wildman–Crippen LogP) is 4.55. The summed E-state index contributed by atoms with van der Waals surface area (Å²) in [5.41, 5.74) is 10.6. The van der Waals surface area contributed by atoms with Gasteiger partial charge in [-0.05, 0) is 50.3 Å². The lowest BCUT2D eigenvalue weighted by atomic mass is 9.85. The largest absolute Gasteiger partial charge is 0.383 e. The molecule has 0 spiro atoms. The molecule has 0 radical (unpaired) electrons. The van der Waals surface area contributed by atoms with Crippen LogP contribution < -0.4 is 5.73 Å². The van der Waals surface area contributed by atoms with Crippen LogP contribution in [-0.4, -0.2) is 57.7 Å². The highest BCUT2D eigenvalue weighted by atomic mass is 19.1. The lowest BCUT2D eigenvalue weighted by Crippen LogP contribution is -2.46. The van der Waals surface area contributed by atoms with Gasteiger partial charge in [-0.3, -0.25) is 9.78 Å². The van der Waals surface area contributed by atoms with E-state index >= 15 is 0 Å². The minimum Gasteiger partial charge on any atom is -0.383 e. The molecule has 12 heteroatoms. The van der Waals surface area contributed by atoms with Gasteiger partial charge in [-0.1, -0.05) is 19.1 Å². The van der Waals surface area contributed by atoms with Gasteiger partial charge < -0.3 is 15.6 Å². The quantitative estimate of drug-likeness (QED) is 0.325. The number of piperidine rings is 1. The summed E-state index contributed by atoms with van der Waals surface area (Å²) in [5, 5.41) is 12.2. The number of benzene rings is 1. The molecule has 3 N–H and O–H groups in total. The first kappa shape index (κ1) is 25.2. The fourth-order valence-electron chi connectivity index (χ4n) is 6.58. The molecule has 2 saturated heterocycles. The smallest absolute Gasteiger partial charge is 0.292 e. The Bertz CT molecular complexity index is 1730. The van der Waals surface area contributed by atoms with Crippen molar-refractivity contribution in [2.24, 2.45) is 0 Å². The number of amides is 1. The lowest BCUT2D eigenvalue weighted by Gasteiger charge is -2.38. The van der Waals surface area contributed by atoms with Crippen molar-refractivity contribution in [1.82, 2.24) is 39.7 Å². The molecule has 208 valence electrons. The molecule has 4 aromatic heterocycles. The van der Waals surface area contributed by atoms with Gasteiger partial charge in [0.05, 0.1) is 23.1 Å². The standard InChI is InChI=1S/C29H27F2N9O/c1-2-19-25(16-10-17-7-8-18(11-16)39(17)29(41)27-34-14-35-38-27)37-28-20(13-36-40(28)26(19)32)15-6-9-23(33-12-15)24-21(30)4-3-5-22(24)31/h3-6,9,12-14,16-18H,2,7-8,10-11,32H2,1H3,(H,34,35,38)/t16-,17+,18-. The molecule has 1 amide bonds. The second-order valence-electron chi connectivity index (χ2n) is 10.6. The monoisotopic (exact) mass is 555 g/mol. The summed E-state index contributed by atoms with van der Waals surface area (Å²) in [4.78, 5) is 27.4. The number of hydrogen-bond donors (Lipinski definition) is 2. The van der Waals surface area contributed by atoms with Crippen LogP contribution in [0.1, 0.15) is 60.4 Å². The second-order valence-corrected chi connectivity index (χ2v) is 10.6. The SMILES string of the molecule is CCc1c([C@H]2C[C@H]3CC[C@@H](C2)N3C(=O)c2nnc[nH]2)nc2c(-c3ccc(-c4c(F)cccc4F)nc3)cnn2c1N. The van der Waals surface area contributed by atoms with E-state index in [-0.39, 0.29) is 41.0 Å². The first-order chi connectivity index (χ1) is 19.9. The Morgan fingerprint density at radius 3 is 2.49 bits per heavy atom. The number of nitrogens with zero attached hydrogens (tertiary/aromatic N) is 7. The molecule has 2 bridgehead atoms. The molecule has 2 fully saturated rings. The van der Waals surface area contributed by atoms with Crippen LogP contribution in [0.15, 0.2) is 49.1 Å². The van der Waals surface area contributed by atoms with Crippen LogP contribution in [-0.2, 0) is 6.42 Å². The summed E-state index contributed by atoms with van der Waals surface area (Å²) in [6, 6.07) is 7.25. The Balaban J connectivity index is 1.24. The fourth-order valence-corrected chi connectivity index (χ4v) is 6.58. The fraction of sp³-hybridized carbons (Fsp3) is 0.310. The third-order valence-electron chi connectivity index (χ3n) is 8.44. The molecule has 0 unspecified atom stereocenters. The molecule has 6 heterocycles. The Labute approximate surface area is 233 Å². The van der Waals surface area contributed by atoms with Crippen LogP contribution in [0.25, 0.3) is 28.0 Å². The number of anilines is 1. The topological polar surface area (TPSA) is 131 Å². The predicted molar refractivity (Wildman–Crippen MR) is 147 cm³/mol. The Morgan fingerprint density at radius 1 is 1.10 bits per heavy atom. The molecule has 0 aliphatic carbocycles. The molecule has 10 nitrogen and oxygen atoms in total. The van der Waals surface area contributed by atoms with Crippen molar-refractivity contribution in [1.29, 1.82) is 0 Å². The van der Waals surface area contributed by atoms with Crippen molar-refractivity contribution in [3.63, 3.8) is 0 Å². The van der Waals surface area contributed by atoms with Gasteiger partial charge in [-0.25, -0.2) is 13.8 Å². The van der Waals surface area contributed by atoms with Crippen LogP contribution in [0.2, 0.25) is 0 Å². The zero-order valence-electron chi connectivity index (χ0n) is 22.3. The van der Waals surface area contributed by atoms with Crippen molar-refractivity contribution in [2.45, 2.75) is 57.0 Å². The highest BCUT2D eigenvalue weighted by Crippen LogP contribution is 2.45. The zero-order chi connectivity index (χ0) is 28.2. The van der Waals surface area contributed by atoms with Crippen molar-refractivity contribution >= 4 is 17.4 Å². The van der Waals surface area contributed by atoms with Crippen LogP contribution in [0, 0.1) is 11.6 Å². The van der Waals surface area contributed by atoms with Crippen molar-refractivity contribution in [3.05, 3.63) is 77.8 Å². The summed E-state index contributed by atoms with van der Waals surface area (Å²) in [6.07, 6.45) is 8.78. The number of nitrogens with one attached hydrogen (secondary N) is 1. The number of fused-ring (bicyclic) bond motifs is 3. The molecule has 7 rings (SSSR count). The second kappa shape index (κ2) is 9.72. The van der Waals surface area contributed by atoms with E-state index in [0.29, 0.717) is 23.4 Å². The summed E-state index contributed by atoms with van der Waals surface area (Å²) in [6.45, 7) is 2.05. The summed E-state index contributed by atoms with van der Waals surface area (Å²) in [7, 11) is 0. The number of hydrogen-bond acceptors (Lipinski definition) is 7. The van der Waals surface area contributed by atoms with Crippen molar-refractivity contribution in [3.8, 4) is 22.4 Å². The van der Waals surface area contributed by atoms with Crippen LogP contribution in [0.3, 0.4) is 0 Å². The number of halogens is 2. The number of nitrogen functional groups attached to an aromatic ring is 1. The zero-order valence-corrected chi connectivity index (χ0v) is 22.3. The number of rotatable bonds is 5. The minimum absolute atomic E-state index is 0.0835. The highest BCUT2D eigenvalue weighted by molar-refractivity contribution is 5.91. The van der Waals surface area contributed by atoms with Crippen LogP contribution >= 0.6 is 0 Å². The number of carbonyl (C=O) groups is 1.